The number of alkyl halides is 3. The van der Waals surface area contributed by atoms with Crippen LogP contribution in [-0.2, 0) is 17.5 Å². The van der Waals surface area contributed by atoms with Crippen molar-refractivity contribution in [1.82, 2.24) is 10.6 Å². The Labute approximate surface area is 146 Å². The molecule has 1 aliphatic rings. The number of ether oxygens (including phenoxy) is 1. The molecule has 0 saturated heterocycles. The van der Waals surface area contributed by atoms with Gasteiger partial charge in [0.15, 0.2) is 0 Å². The van der Waals surface area contributed by atoms with E-state index in [1.54, 1.807) is 0 Å². The van der Waals surface area contributed by atoms with Gasteiger partial charge in [-0.05, 0) is 37.0 Å². The standard InChI is InChI=1S/C18H25F3N2O2/c19-18(20,21)15-9-7-14(8-10-15)13-23-17(24)22-11-4-12-25-16-5-2-1-3-6-16/h7-10,16H,1-6,11-13H2,(H2,22,23,24). The maximum atomic E-state index is 12.5. The van der Waals surface area contributed by atoms with Crippen LogP contribution in [0.25, 0.3) is 0 Å². The molecule has 0 aromatic heterocycles. The van der Waals surface area contributed by atoms with Gasteiger partial charge in [-0.3, -0.25) is 0 Å². The monoisotopic (exact) mass is 358 g/mol. The quantitative estimate of drug-likeness (QED) is 0.716. The fraction of sp³-hybridized carbons (Fsp3) is 0.611. The van der Waals surface area contributed by atoms with Crippen LogP contribution >= 0.6 is 0 Å². The number of hydrogen-bond acceptors (Lipinski definition) is 2. The van der Waals surface area contributed by atoms with Crippen molar-refractivity contribution >= 4 is 6.03 Å². The zero-order chi connectivity index (χ0) is 18.1. The van der Waals surface area contributed by atoms with Crippen LogP contribution in [0.1, 0.15) is 49.7 Å². The smallest absolute Gasteiger partial charge is 0.378 e. The van der Waals surface area contributed by atoms with Gasteiger partial charge >= 0.3 is 12.2 Å². The Morgan fingerprint density at radius 2 is 1.76 bits per heavy atom. The molecule has 0 radical (unpaired) electrons. The molecule has 1 aromatic carbocycles. The molecule has 1 aliphatic carbocycles. The van der Waals surface area contributed by atoms with Crippen molar-refractivity contribution in [3.05, 3.63) is 35.4 Å². The molecule has 140 valence electrons. The Morgan fingerprint density at radius 3 is 2.40 bits per heavy atom. The second-order valence-electron chi connectivity index (χ2n) is 6.29. The van der Waals surface area contributed by atoms with E-state index in [-0.39, 0.29) is 12.6 Å². The minimum Gasteiger partial charge on any atom is -0.378 e. The van der Waals surface area contributed by atoms with Crippen LogP contribution < -0.4 is 10.6 Å². The molecule has 0 bridgehead atoms. The van der Waals surface area contributed by atoms with E-state index < -0.39 is 11.7 Å². The highest BCUT2D eigenvalue weighted by Crippen LogP contribution is 2.29. The van der Waals surface area contributed by atoms with Crippen LogP contribution in [0, 0.1) is 0 Å². The Balaban J connectivity index is 1.56. The first-order valence-electron chi connectivity index (χ1n) is 8.74. The summed E-state index contributed by atoms with van der Waals surface area (Å²) in [6.45, 7) is 1.32. The van der Waals surface area contributed by atoms with Gasteiger partial charge in [0.2, 0.25) is 0 Å². The van der Waals surface area contributed by atoms with Gasteiger partial charge in [0.1, 0.15) is 0 Å². The van der Waals surface area contributed by atoms with E-state index in [4.69, 9.17) is 4.74 Å². The van der Waals surface area contributed by atoms with E-state index in [2.05, 4.69) is 10.6 Å². The van der Waals surface area contributed by atoms with Crippen molar-refractivity contribution in [2.24, 2.45) is 0 Å². The van der Waals surface area contributed by atoms with E-state index >= 15 is 0 Å². The molecule has 0 spiro atoms. The zero-order valence-corrected chi connectivity index (χ0v) is 14.2. The fourth-order valence-corrected chi connectivity index (χ4v) is 2.81. The average molecular weight is 358 g/mol. The van der Waals surface area contributed by atoms with Crippen LogP contribution in [0.4, 0.5) is 18.0 Å². The van der Waals surface area contributed by atoms with Crippen molar-refractivity contribution in [3.63, 3.8) is 0 Å². The number of carbonyl (C=O) groups is 1. The minimum absolute atomic E-state index is 0.183. The molecule has 4 nitrogen and oxygen atoms in total. The molecule has 0 atom stereocenters. The van der Waals surface area contributed by atoms with E-state index in [0.29, 0.717) is 24.8 Å². The highest BCUT2D eigenvalue weighted by molar-refractivity contribution is 5.73. The molecular formula is C18H25F3N2O2. The second-order valence-corrected chi connectivity index (χ2v) is 6.29. The van der Waals surface area contributed by atoms with Gasteiger partial charge in [-0.15, -0.1) is 0 Å². The molecule has 25 heavy (non-hydrogen) atoms. The zero-order valence-electron chi connectivity index (χ0n) is 14.2. The molecule has 2 rings (SSSR count). The van der Waals surface area contributed by atoms with Crippen molar-refractivity contribution in [3.8, 4) is 0 Å². The molecule has 0 unspecified atom stereocenters. The molecule has 1 saturated carbocycles. The van der Waals surface area contributed by atoms with Crippen LogP contribution in [0.15, 0.2) is 24.3 Å². The lowest BCUT2D eigenvalue weighted by Gasteiger charge is -2.21. The van der Waals surface area contributed by atoms with E-state index in [9.17, 15) is 18.0 Å². The number of halogens is 3. The summed E-state index contributed by atoms with van der Waals surface area (Å²) in [5.41, 5.74) is -0.0811. The number of hydrogen-bond donors (Lipinski definition) is 2. The van der Waals surface area contributed by atoms with Crippen molar-refractivity contribution < 1.29 is 22.7 Å². The summed E-state index contributed by atoms with van der Waals surface area (Å²) in [5.74, 6) is 0. The minimum atomic E-state index is -4.34. The number of amides is 2. The molecule has 0 aliphatic heterocycles. The summed E-state index contributed by atoms with van der Waals surface area (Å²) in [6.07, 6.45) is 2.77. The topological polar surface area (TPSA) is 50.4 Å². The largest absolute Gasteiger partial charge is 0.416 e. The van der Waals surface area contributed by atoms with Crippen molar-refractivity contribution in [2.75, 3.05) is 13.2 Å². The summed E-state index contributed by atoms with van der Waals surface area (Å²) >= 11 is 0. The first-order chi connectivity index (χ1) is 11.9. The van der Waals surface area contributed by atoms with Crippen LogP contribution in [0.3, 0.4) is 0 Å². The normalized spacial score (nSPS) is 15.8. The number of carbonyl (C=O) groups excluding carboxylic acids is 1. The summed E-state index contributed by atoms with van der Waals surface area (Å²) < 4.78 is 43.2. The predicted molar refractivity (Wildman–Crippen MR) is 89.1 cm³/mol. The number of urea groups is 1. The molecule has 1 aromatic rings. The van der Waals surface area contributed by atoms with Gasteiger partial charge in [-0.2, -0.15) is 13.2 Å². The summed E-state index contributed by atoms with van der Waals surface area (Å²) in [4.78, 5) is 11.7. The number of benzene rings is 1. The lowest BCUT2D eigenvalue weighted by atomic mass is 9.98. The van der Waals surface area contributed by atoms with E-state index in [1.807, 2.05) is 0 Å². The third-order valence-corrected chi connectivity index (χ3v) is 4.25. The van der Waals surface area contributed by atoms with Gasteiger partial charge in [-0.25, -0.2) is 4.79 Å². The molecule has 2 N–H and O–H groups in total. The Bertz CT molecular complexity index is 526. The molecule has 7 heteroatoms. The van der Waals surface area contributed by atoms with Crippen molar-refractivity contribution in [2.45, 2.75) is 57.3 Å². The fourth-order valence-electron chi connectivity index (χ4n) is 2.81. The van der Waals surface area contributed by atoms with Crippen LogP contribution in [-0.4, -0.2) is 25.3 Å². The highest BCUT2D eigenvalue weighted by atomic mass is 19.4. The van der Waals surface area contributed by atoms with E-state index in [0.717, 1.165) is 31.4 Å². The summed E-state index contributed by atoms with van der Waals surface area (Å²) in [7, 11) is 0. The molecule has 2 amide bonds. The Kier molecular flexibility index (Phi) is 7.55. The van der Waals surface area contributed by atoms with Crippen molar-refractivity contribution in [1.29, 1.82) is 0 Å². The van der Waals surface area contributed by atoms with Gasteiger partial charge in [0.25, 0.3) is 0 Å². The molecular weight excluding hydrogens is 333 g/mol. The van der Waals surface area contributed by atoms with Gasteiger partial charge < -0.3 is 15.4 Å². The number of nitrogens with one attached hydrogen (secondary N) is 2. The second kappa shape index (κ2) is 9.65. The third kappa shape index (κ3) is 7.34. The highest BCUT2D eigenvalue weighted by Gasteiger charge is 2.29. The lowest BCUT2D eigenvalue weighted by Crippen LogP contribution is -2.36. The third-order valence-electron chi connectivity index (χ3n) is 4.25. The van der Waals surface area contributed by atoms with E-state index in [1.165, 1.54) is 31.4 Å². The SMILES string of the molecule is O=C(NCCCOC1CCCCC1)NCc1ccc(C(F)(F)F)cc1. The Morgan fingerprint density at radius 1 is 1.08 bits per heavy atom. The molecule has 0 heterocycles. The Hall–Kier alpha value is -1.76. The lowest BCUT2D eigenvalue weighted by molar-refractivity contribution is -0.137. The molecule has 1 fully saturated rings. The summed E-state index contributed by atoms with van der Waals surface area (Å²) in [6, 6.07) is 4.41. The maximum Gasteiger partial charge on any atom is 0.416 e. The first-order valence-corrected chi connectivity index (χ1v) is 8.74. The van der Waals surface area contributed by atoms with Gasteiger partial charge in [-0.1, -0.05) is 31.4 Å². The predicted octanol–water partition coefficient (Wildman–Crippen LogP) is 4.24. The first kappa shape index (κ1) is 19.6. The average Bonchev–Trinajstić information content (AvgIpc) is 2.60. The van der Waals surface area contributed by atoms with Crippen LogP contribution in [0.2, 0.25) is 0 Å². The van der Waals surface area contributed by atoms with Crippen LogP contribution in [0.5, 0.6) is 0 Å². The number of rotatable bonds is 7. The van der Waals surface area contributed by atoms with Gasteiger partial charge in [0.05, 0.1) is 11.7 Å². The maximum absolute atomic E-state index is 12.5. The summed E-state index contributed by atoms with van der Waals surface area (Å²) in [5, 5.41) is 5.34. The van der Waals surface area contributed by atoms with Gasteiger partial charge in [0, 0.05) is 19.7 Å².